The fraction of sp³-hybridized carbons (Fsp3) is 0.382. The number of amidine groups is 1. The quantitative estimate of drug-likeness (QED) is 0.0643. The molecule has 1 fully saturated rings. The topological polar surface area (TPSA) is 129 Å². The van der Waals surface area contributed by atoms with Gasteiger partial charge in [0.15, 0.2) is 5.84 Å². The molecule has 3 aromatic rings. The molecule has 1 heterocycles. The number of nitrogens with two attached hydrogens (primary N) is 1. The third-order valence-electron chi connectivity index (χ3n) is 7.94. The molecule has 2 amide bonds. The first-order valence-electron chi connectivity index (χ1n) is 15.2. The van der Waals surface area contributed by atoms with Gasteiger partial charge in [0, 0.05) is 37.0 Å². The molecule has 0 bridgehead atoms. The van der Waals surface area contributed by atoms with Crippen LogP contribution in [0.15, 0.2) is 82.8 Å². The summed E-state index contributed by atoms with van der Waals surface area (Å²) in [7, 11) is 1.67. The largest absolute Gasteiger partial charge is 0.494 e. The van der Waals surface area contributed by atoms with E-state index in [2.05, 4.69) is 27.3 Å². The predicted octanol–water partition coefficient (Wildman–Crippen LogP) is 5.21. The van der Waals surface area contributed by atoms with Crippen LogP contribution in [0.3, 0.4) is 0 Å². The maximum absolute atomic E-state index is 13.9. The van der Waals surface area contributed by atoms with E-state index in [0.29, 0.717) is 44.0 Å². The average molecular weight is 618 g/mol. The second-order valence-electron chi connectivity index (χ2n) is 11.0. The molecular weight excluding hydrogens is 574 g/mol. The number of hydrogen-bond donors (Lipinski definition) is 4. The summed E-state index contributed by atoms with van der Waals surface area (Å²) in [5, 5.41) is 15.0. The van der Waals surface area contributed by atoms with Crippen LogP contribution in [-0.2, 0) is 16.0 Å². The average Bonchev–Trinajstić information content (AvgIpc) is 3.07. The zero-order valence-electron chi connectivity index (χ0n) is 25.5. The number of nitrogens with zero attached hydrogens (tertiary/aromatic N) is 2. The Morgan fingerprint density at radius 1 is 1.07 bits per heavy atom. The van der Waals surface area contributed by atoms with E-state index in [1.54, 1.807) is 13.1 Å². The van der Waals surface area contributed by atoms with Crippen molar-refractivity contribution in [2.75, 3.05) is 26.7 Å². The molecule has 1 aliphatic rings. The fourth-order valence-electron chi connectivity index (χ4n) is 5.46. The first-order valence-corrected chi connectivity index (χ1v) is 16.0. The van der Waals surface area contributed by atoms with Gasteiger partial charge >= 0.3 is 0 Å². The highest BCUT2D eigenvalue weighted by Crippen LogP contribution is 2.28. The van der Waals surface area contributed by atoms with Gasteiger partial charge in [0.2, 0.25) is 11.8 Å². The minimum atomic E-state index is -0.485. The molecule has 1 aliphatic heterocycles. The summed E-state index contributed by atoms with van der Waals surface area (Å²) in [4.78, 5) is 28.4. The van der Waals surface area contributed by atoms with Crippen LogP contribution >= 0.6 is 11.9 Å². The van der Waals surface area contributed by atoms with Crippen molar-refractivity contribution in [1.82, 2.24) is 14.9 Å². The minimum absolute atomic E-state index is 0.0293. The highest BCUT2D eigenvalue weighted by atomic mass is 32.2. The summed E-state index contributed by atoms with van der Waals surface area (Å²) in [5.74, 6) is 1.52. The van der Waals surface area contributed by atoms with Crippen LogP contribution in [0, 0.1) is 5.92 Å². The normalized spacial score (nSPS) is 14.7. The van der Waals surface area contributed by atoms with Crippen LogP contribution < -0.4 is 20.5 Å². The van der Waals surface area contributed by atoms with E-state index in [9.17, 15) is 9.59 Å². The van der Waals surface area contributed by atoms with Gasteiger partial charge in [0.05, 0.1) is 6.61 Å². The molecular formula is C34H43N5O4S. The second-order valence-corrected chi connectivity index (χ2v) is 11.9. The van der Waals surface area contributed by atoms with Gasteiger partial charge in [-0.1, -0.05) is 47.6 Å². The van der Waals surface area contributed by atoms with Crippen molar-refractivity contribution in [2.45, 2.75) is 56.4 Å². The SMILES string of the molecule is CCOc1ccc(-c2cccc(SN[C@@H](Cc3cccc(/C(N)=N\O)c3)C(=O)N3CCC(CCCC(=O)NC)CC3)c2)cc1. The van der Waals surface area contributed by atoms with Gasteiger partial charge in [0.25, 0.3) is 0 Å². The summed E-state index contributed by atoms with van der Waals surface area (Å²) < 4.78 is 9.04. The minimum Gasteiger partial charge on any atom is -0.494 e. The Balaban J connectivity index is 1.45. The van der Waals surface area contributed by atoms with Gasteiger partial charge in [-0.2, -0.15) is 0 Å². The van der Waals surface area contributed by atoms with E-state index >= 15 is 0 Å². The Kier molecular flexibility index (Phi) is 12.5. The van der Waals surface area contributed by atoms with Gasteiger partial charge in [-0.05, 0) is 104 Å². The monoisotopic (exact) mass is 617 g/mol. The molecule has 0 radical (unpaired) electrons. The van der Waals surface area contributed by atoms with Crippen LogP contribution in [0.1, 0.15) is 50.2 Å². The zero-order valence-corrected chi connectivity index (χ0v) is 26.3. The van der Waals surface area contributed by atoms with E-state index in [4.69, 9.17) is 15.7 Å². The van der Waals surface area contributed by atoms with Crippen molar-refractivity contribution in [2.24, 2.45) is 16.8 Å². The summed E-state index contributed by atoms with van der Waals surface area (Å²) in [6.07, 6.45) is 4.72. The van der Waals surface area contributed by atoms with Gasteiger partial charge in [-0.15, -0.1) is 0 Å². The van der Waals surface area contributed by atoms with Gasteiger partial charge < -0.3 is 25.9 Å². The smallest absolute Gasteiger partial charge is 0.240 e. The molecule has 10 heteroatoms. The van der Waals surface area contributed by atoms with Crippen molar-refractivity contribution in [3.63, 3.8) is 0 Å². The number of rotatable bonds is 14. The summed E-state index contributed by atoms with van der Waals surface area (Å²) in [6.45, 7) is 3.99. The molecule has 0 saturated carbocycles. The number of piperidine rings is 1. The van der Waals surface area contributed by atoms with E-state index < -0.39 is 6.04 Å². The van der Waals surface area contributed by atoms with Gasteiger partial charge in [0.1, 0.15) is 11.8 Å². The van der Waals surface area contributed by atoms with Crippen molar-refractivity contribution in [1.29, 1.82) is 0 Å². The lowest BCUT2D eigenvalue weighted by atomic mass is 9.91. The second kappa shape index (κ2) is 16.7. The third kappa shape index (κ3) is 9.49. The van der Waals surface area contributed by atoms with E-state index in [0.717, 1.165) is 53.0 Å². The van der Waals surface area contributed by atoms with Crippen molar-refractivity contribution in [3.8, 4) is 16.9 Å². The lowest BCUT2D eigenvalue weighted by Gasteiger charge is -2.34. The van der Waals surface area contributed by atoms with Crippen LogP contribution in [0.4, 0.5) is 0 Å². The number of hydrogen-bond acceptors (Lipinski definition) is 7. The molecule has 0 aliphatic carbocycles. The Hall–Kier alpha value is -4.02. The zero-order chi connectivity index (χ0) is 31.3. The standard InChI is InChI=1S/C34H43N5O4S/c1-3-43-29-15-13-26(14-16-29)27-9-6-11-30(23-27)44-38-31(22-25-8-4-10-28(21-25)33(35)37-42)34(41)39-19-17-24(18-20-39)7-5-12-32(40)36-2/h4,6,8-11,13-16,21,23-24,31,38,42H,3,5,7,12,17-20,22H2,1-2H3,(H2,35,37)(H,36,40)/t31-/m0/s1. The molecule has 0 spiro atoms. The lowest BCUT2D eigenvalue weighted by molar-refractivity contribution is -0.134. The van der Waals surface area contributed by atoms with Crippen LogP contribution in [0.2, 0.25) is 0 Å². The first kappa shape index (κ1) is 32.9. The Labute approximate surface area is 264 Å². The van der Waals surface area contributed by atoms with Crippen LogP contribution in [-0.4, -0.2) is 60.5 Å². The lowest BCUT2D eigenvalue weighted by Crippen LogP contribution is -2.48. The molecule has 1 saturated heterocycles. The molecule has 234 valence electrons. The summed E-state index contributed by atoms with van der Waals surface area (Å²) in [5.41, 5.74) is 9.51. The van der Waals surface area contributed by atoms with Gasteiger partial charge in [-0.3, -0.25) is 9.59 Å². The number of likely N-dealkylation sites (tertiary alicyclic amines) is 1. The van der Waals surface area contributed by atoms with Crippen LogP contribution in [0.25, 0.3) is 11.1 Å². The molecule has 0 unspecified atom stereocenters. The Bertz CT molecular complexity index is 1410. The number of oxime groups is 1. The Morgan fingerprint density at radius 2 is 1.82 bits per heavy atom. The number of amides is 2. The summed E-state index contributed by atoms with van der Waals surface area (Å²) in [6, 6.07) is 23.2. The maximum Gasteiger partial charge on any atom is 0.240 e. The third-order valence-corrected chi connectivity index (χ3v) is 8.83. The highest BCUT2D eigenvalue weighted by Gasteiger charge is 2.29. The van der Waals surface area contributed by atoms with Crippen molar-refractivity contribution >= 4 is 29.6 Å². The van der Waals surface area contributed by atoms with Crippen molar-refractivity contribution in [3.05, 3.63) is 83.9 Å². The molecule has 0 aromatic heterocycles. The predicted molar refractivity (Wildman–Crippen MR) is 176 cm³/mol. The molecule has 4 rings (SSSR count). The number of ether oxygens (including phenoxy) is 1. The molecule has 9 nitrogen and oxygen atoms in total. The maximum atomic E-state index is 13.9. The molecule has 1 atom stereocenters. The number of benzene rings is 3. The summed E-state index contributed by atoms with van der Waals surface area (Å²) >= 11 is 1.44. The van der Waals surface area contributed by atoms with E-state index in [1.165, 1.54) is 11.9 Å². The van der Waals surface area contributed by atoms with E-state index in [1.807, 2.05) is 66.4 Å². The number of nitrogens with one attached hydrogen (secondary N) is 2. The van der Waals surface area contributed by atoms with Crippen LogP contribution in [0.5, 0.6) is 5.75 Å². The highest BCUT2D eigenvalue weighted by molar-refractivity contribution is 7.97. The molecule has 5 N–H and O–H groups in total. The molecule has 44 heavy (non-hydrogen) atoms. The van der Waals surface area contributed by atoms with Gasteiger partial charge in [-0.25, -0.2) is 4.72 Å². The first-order chi connectivity index (χ1) is 21.4. The number of carbonyl (C=O) groups is 2. The number of carbonyl (C=O) groups excluding carboxylic acids is 2. The fourth-order valence-corrected chi connectivity index (χ4v) is 6.25. The van der Waals surface area contributed by atoms with Crippen molar-refractivity contribution < 1.29 is 19.5 Å². The van der Waals surface area contributed by atoms with E-state index in [-0.39, 0.29) is 17.6 Å². The molecule has 3 aromatic carbocycles. The Morgan fingerprint density at radius 3 is 2.52 bits per heavy atom.